The topological polar surface area (TPSA) is 21.6 Å². The second-order valence-electron chi connectivity index (χ2n) is 6.07. The zero-order chi connectivity index (χ0) is 13.8. The van der Waals surface area contributed by atoms with E-state index in [0.717, 1.165) is 30.9 Å². The van der Waals surface area contributed by atoms with Crippen molar-refractivity contribution in [2.24, 2.45) is 4.99 Å². The summed E-state index contributed by atoms with van der Waals surface area (Å²) in [6, 6.07) is 0. The van der Waals surface area contributed by atoms with E-state index in [1.54, 1.807) is 0 Å². The van der Waals surface area contributed by atoms with Gasteiger partial charge in [-0.1, -0.05) is 31.1 Å². The van der Waals surface area contributed by atoms with Crippen molar-refractivity contribution in [3.8, 4) is 0 Å². The molecule has 3 aliphatic rings. The maximum absolute atomic E-state index is 6.44. The number of nitrogens with zero attached hydrogens (tertiary/aromatic N) is 1. The highest BCUT2D eigenvalue weighted by Gasteiger charge is 2.22. The summed E-state index contributed by atoms with van der Waals surface area (Å²) in [6.45, 7) is 3.05. The van der Waals surface area contributed by atoms with Gasteiger partial charge in [-0.25, -0.2) is 0 Å². The average Bonchev–Trinajstić information content (AvgIpc) is 2.81. The summed E-state index contributed by atoms with van der Waals surface area (Å²) < 4.78 is 6.44. The van der Waals surface area contributed by atoms with Crippen LogP contribution in [0.1, 0.15) is 58.3 Å². The van der Waals surface area contributed by atoms with Crippen molar-refractivity contribution in [3.63, 3.8) is 0 Å². The van der Waals surface area contributed by atoms with Crippen LogP contribution in [0.4, 0.5) is 0 Å². The Morgan fingerprint density at radius 3 is 2.75 bits per heavy atom. The van der Waals surface area contributed by atoms with Crippen molar-refractivity contribution in [1.82, 2.24) is 0 Å². The van der Waals surface area contributed by atoms with E-state index in [2.05, 4.69) is 30.1 Å². The van der Waals surface area contributed by atoms with Gasteiger partial charge in [-0.2, -0.15) is 0 Å². The number of fused-ring (bicyclic) bond motifs is 1. The molecule has 0 spiro atoms. The Balaban J connectivity index is 1.84. The molecule has 0 bridgehead atoms. The van der Waals surface area contributed by atoms with Crippen LogP contribution in [0.15, 0.2) is 40.1 Å². The van der Waals surface area contributed by atoms with Crippen LogP contribution in [0.25, 0.3) is 0 Å². The van der Waals surface area contributed by atoms with Gasteiger partial charge in [-0.05, 0) is 44.6 Å². The van der Waals surface area contributed by atoms with E-state index in [-0.39, 0.29) is 0 Å². The minimum atomic E-state index is 0.419. The maximum atomic E-state index is 6.44. The zero-order valence-corrected chi connectivity index (χ0v) is 12.5. The molecule has 0 unspecified atom stereocenters. The highest BCUT2D eigenvalue weighted by Crippen LogP contribution is 2.31. The van der Waals surface area contributed by atoms with E-state index in [9.17, 15) is 0 Å². The fourth-order valence-electron chi connectivity index (χ4n) is 3.46. The lowest BCUT2D eigenvalue weighted by atomic mass is 9.94. The van der Waals surface area contributed by atoms with Gasteiger partial charge in [0.15, 0.2) is 0 Å². The SMILES string of the molecule is CC1=NCCC2=CC=CCC(OC3CCCCCC3)=C21. The lowest BCUT2D eigenvalue weighted by Crippen LogP contribution is -2.17. The Morgan fingerprint density at radius 1 is 1.15 bits per heavy atom. The maximum Gasteiger partial charge on any atom is 0.109 e. The summed E-state index contributed by atoms with van der Waals surface area (Å²) in [4.78, 5) is 4.63. The summed E-state index contributed by atoms with van der Waals surface area (Å²) in [6.07, 6.45) is 16.8. The highest BCUT2D eigenvalue weighted by atomic mass is 16.5. The predicted octanol–water partition coefficient (Wildman–Crippen LogP) is 4.73. The molecule has 1 fully saturated rings. The van der Waals surface area contributed by atoms with E-state index in [0.29, 0.717) is 6.10 Å². The van der Waals surface area contributed by atoms with Crippen LogP contribution in [0, 0.1) is 0 Å². The Labute approximate surface area is 122 Å². The van der Waals surface area contributed by atoms with Crippen LogP contribution in [-0.2, 0) is 4.74 Å². The van der Waals surface area contributed by atoms with Crippen LogP contribution in [0.5, 0.6) is 0 Å². The van der Waals surface area contributed by atoms with E-state index >= 15 is 0 Å². The van der Waals surface area contributed by atoms with E-state index in [1.807, 2.05) is 0 Å². The molecule has 1 heterocycles. The van der Waals surface area contributed by atoms with Gasteiger partial charge in [0, 0.05) is 24.3 Å². The Kier molecular flexibility index (Phi) is 4.39. The van der Waals surface area contributed by atoms with Crippen LogP contribution in [0.3, 0.4) is 0 Å². The number of allylic oxidation sites excluding steroid dienone is 4. The third-order valence-corrected chi connectivity index (χ3v) is 4.54. The third kappa shape index (κ3) is 3.05. The molecular weight excluding hydrogens is 246 g/mol. The highest BCUT2D eigenvalue weighted by molar-refractivity contribution is 6.03. The monoisotopic (exact) mass is 271 g/mol. The summed E-state index contributed by atoms with van der Waals surface area (Å²) in [7, 11) is 0. The lowest BCUT2D eigenvalue weighted by Gasteiger charge is -2.24. The molecule has 1 saturated carbocycles. The standard InChI is InChI=1S/C18H25NO/c1-14-18-15(12-13-19-14)8-6-7-11-17(18)20-16-9-4-2-3-5-10-16/h6-8,16H,2-5,9-13H2,1H3. The second-order valence-corrected chi connectivity index (χ2v) is 6.07. The lowest BCUT2D eigenvalue weighted by molar-refractivity contribution is 0.0984. The van der Waals surface area contributed by atoms with Gasteiger partial charge in [0.05, 0.1) is 6.10 Å². The molecule has 0 radical (unpaired) electrons. The summed E-state index contributed by atoms with van der Waals surface area (Å²) in [5, 5.41) is 0. The number of hydrogen-bond acceptors (Lipinski definition) is 2. The van der Waals surface area contributed by atoms with Crippen molar-refractivity contribution < 1.29 is 4.74 Å². The molecule has 0 aromatic carbocycles. The van der Waals surface area contributed by atoms with Gasteiger partial charge in [0.2, 0.25) is 0 Å². The number of aliphatic imine (C=N–C) groups is 1. The molecule has 20 heavy (non-hydrogen) atoms. The first-order chi connectivity index (χ1) is 9.84. The van der Waals surface area contributed by atoms with Gasteiger partial charge in [0.1, 0.15) is 5.76 Å². The van der Waals surface area contributed by atoms with Crippen molar-refractivity contribution in [1.29, 1.82) is 0 Å². The third-order valence-electron chi connectivity index (χ3n) is 4.54. The summed E-state index contributed by atoms with van der Waals surface area (Å²) in [5.74, 6) is 1.16. The largest absolute Gasteiger partial charge is 0.494 e. The van der Waals surface area contributed by atoms with Crippen LogP contribution in [0.2, 0.25) is 0 Å². The van der Waals surface area contributed by atoms with Crippen molar-refractivity contribution >= 4 is 5.71 Å². The molecule has 0 amide bonds. The minimum absolute atomic E-state index is 0.419. The fraction of sp³-hybridized carbons (Fsp3) is 0.611. The minimum Gasteiger partial charge on any atom is -0.494 e. The fourth-order valence-corrected chi connectivity index (χ4v) is 3.46. The van der Waals surface area contributed by atoms with E-state index in [1.165, 1.54) is 49.7 Å². The molecule has 0 aromatic heterocycles. The molecule has 0 atom stereocenters. The van der Waals surface area contributed by atoms with E-state index < -0.39 is 0 Å². The first-order valence-corrected chi connectivity index (χ1v) is 8.12. The van der Waals surface area contributed by atoms with Crippen LogP contribution in [-0.4, -0.2) is 18.4 Å². The first kappa shape index (κ1) is 13.7. The van der Waals surface area contributed by atoms with Crippen molar-refractivity contribution in [3.05, 3.63) is 35.1 Å². The van der Waals surface area contributed by atoms with Gasteiger partial charge in [0.25, 0.3) is 0 Å². The van der Waals surface area contributed by atoms with E-state index in [4.69, 9.17) is 4.74 Å². The predicted molar refractivity (Wildman–Crippen MR) is 84.0 cm³/mol. The molecular formula is C18H25NO. The molecule has 1 aliphatic heterocycles. The normalized spacial score (nSPS) is 24.4. The molecule has 0 saturated heterocycles. The zero-order valence-electron chi connectivity index (χ0n) is 12.5. The summed E-state index contributed by atoms with van der Waals surface area (Å²) >= 11 is 0. The molecule has 0 N–H and O–H groups in total. The van der Waals surface area contributed by atoms with Gasteiger partial charge >= 0.3 is 0 Å². The first-order valence-electron chi connectivity index (χ1n) is 8.12. The van der Waals surface area contributed by atoms with Gasteiger partial charge < -0.3 is 4.74 Å². The van der Waals surface area contributed by atoms with Crippen molar-refractivity contribution in [2.75, 3.05) is 6.54 Å². The quantitative estimate of drug-likeness (QED) is 0.665. The number of rotatable bonds is 2. The smallest absolute Gasteiger partial charge is 0.109 e. The molecule has 0 aromatic rings. The van der Waals surface area contributed by atoms with Gasteiger partial charge in [-0.3, -0.25) is 4.99 Å². The molecule has 2 heteroatoms. The number of hydrogen-bond donors (Lipinski definition) is 0. The van der Waals surface area contributed by atoms with Crippen molar-refractivity contribution in [2.45, 2.75) is 64.4 Å². The molecule has 2 nitrogen and oxygen atoms in total. The Morgan fingerprint density at radius 2 is 1.95 bits per heavy atom. The van der Waals surface area contributed by atoms with Crippen LogP contribution >= 0.6 is 0 Å². The average molecular weight is 271 g/mol. The second kappa shape index (κ2) is 6.43. The molecule has 3 rings (SSSR count). The summed E-state index contributed by atoms with van der Waals surface area (Å²) in [5.41, 5.74) is 3.87. The molecule has 2 aliphatic carbocycles. The number of ether oxygens (including phenoxy) is 1. The Hall–Kier alpha value is -1.31. The molecule has 108 valence electrons. The van der Waals surface area contributed by atoms with Crippen LogP contribution < -0.4 is 0 Å². The Bertz CT molecular complexity index is 474. The van der Waals surface area contributed by atoms with Gasteiger partial charge in [-0.15, -0.1) is 0 Å².